The highest BCUT2D eigenvalue weighted by molar-refractivity contribution is 5.98. The van der Waals surface area contributed by atoms with Gasteiger partial charge in [0.25, 0.3) is 0 Å². The highest BCUT2D eigenvalue weighted by Gasteiger charge is 2.45. The van der Waals surface area contributed by atoms with E-state index < -0.39 is 17.4 Å². The van der Waals surface area contributed by atoms with Crippen molar-refractivity contribution < 1.29 is 14.3 Å². The summed E-state index contributed by atoms with van der Waals surface area (Å²) in [5.74, 6) is -0.808. The normalized spacial score (nSPS) is 28.5. The zero-order chi connectivity index (χ0) is 9.90. The second kappa shape index (κ2) is 3.73. The van der Waals surface area contributed by atoms with E-state index in [1.54, 1.807) is 6.08 Å². The molecule has 1 heterocycles. The molecule has 0 aromatic carbocycles. The van der Waals surface area contributed by atoms with Crippen LogP contribution in [-0.4, -0.2) is 11.9 Å². The minimum Gasteiger partial charge on any atom is -0.392 e. The van der Waals surface area contributed by atoms with Crippen LogP contribution in [0.1, 0.15) is 33.1 Å². The van der Waals surface area contributed by atoms with Crippen molar-refractivity contribution in [2.75, 3.05) is 0 Å². The topological polar surface area (TPSA) is 43.4 Å². The molecular weight excluding hydrogens is 168 g/mol. The first-order chi connectivity index (χ1) is 6.14. The van der Waals surface area contributed by atoms with E-state index in [9.17, 15) is 9.59 Å². The summed E-state index contributed by atoms with van der Waals surface area (Å²) in [7, 11) is 0. The van der Waals surface area contributed by atoms with Gasteiger partial charge in [-0.05, 0) is 12.8 Å². The van der Waals surface area contributed by atoms with Gasteiger partial charge in [-0.1, -0.05) is 26.0 Å². The zero-order valence-electron chi connectivity index (χ0n) is 8.00. The molecular formula is C10H14O3. The molecule has 0 aliphatic carbocycles. The maximum Gasteiger partial charge on any atom is 0.324 e. The number of carbonyl (C=O) groups excluding carboxylic acids is 2. The van der Waals surface area contributed by atoms with Gasteiger partial charge in [0.05, 0.1) is 11.8 Å². The van der Waals surface area contributed by atoms with Crippen molar-refractivity contribution in [1.82, 2.24) is 0 Å². The van der Waals surface area contributed by atoms with Gasteiger partial charge in [-0.2, -0.15) is 0 Å². The fourth-order valence-electron chi connectivity index (χ4n) is 1.43. The van der Waals surface area contributed by atoms with E-state index in [2.05, 4.69) is 4.74 Å². The zero-order valence-corrected chi connectivity index (χ0v) is 8.00. The molecule has 3 nitrogen and oxygen atoms in total. The first kappa shape index (κ1) is 9.96. The average molecular weight is 182 g/mol. The predicted octanol–water partition coefficient (Wildman–Crippen LogP) is 1.82. The number of allylic oxidation sites excluding steroid dienone is 1. The second-order valence-electron chi connectivity index (χ2n) is 3.26. The molecule has 3 heteroatoms. The summed E-state index contributed by atoms with van der Waals surface area (Å²) in [6.07, 6.45) is 5.39. The molecule has 1 aliphatic rings. The maximum absolute atomic E-state index is 11.3. The van der Waals surface area contributed by atoms with E-state index >= 15 is 0 Å². The van der Waals surface area contributed by atoms with E-state index in [-0.39, 0.29) is 6.42 Å². The highest BCUT2D eigenvalue weighted by Crippen LogP contribution is 2.35. The molecule has 0 amide bonds. The van der Waals surface area contributed by atoms with Crippen LogP contribution in [0.2, 0.25) is 0 Å². The van der Waals surface area contributed by atoms with Crippen LogP contribution < -0.4 is 0 Å². The molecule has 0 aromatic rings. The Kier molecular flexibility index (Phi) is 2.86. The van der Waals surface area contributed by atoms with Crippen LogP contribution in [0.15, 0.2) is 12.2 Å². The van der Waals surface area contributed by atoms with Gasteiger partial charge in [0.2, 0.25) is 0 Å². The third-order valence-corrected chi connectivity index (χ3v) is 2.38. The lowest BCUT2D eigenvalue weighted by Gasteiger charge is -2.15. The Morgan fingerprint density at radius 3 is 2.54 bits per heavy atom. The Labute approximate surface area is 77.8 Å². The van der Waals surface area contributed by atoms with Crippen molar-refractivity contribution in [3.8, 4) is 0 Å². The smallest absolute Gasteiger partial charge is 0.324 e. The Morgan fingerprint density at radius 2 is 2.15 bits per heavy atom. The molecule has 1 atom stereocenters. The summed E-state index contributed by atoms with van der Waals surface area (Å²) in [5, 5.41) is 0. The summed E-state index contributed by atoms with van der Waals surface area (Å²) in [4.78, 5) is 22.3. The van der Waals surface area contributed by atoms with Crippen LogP contribution in [0.3, 0.4) is 0 Å². The SMILES string of the molecule is CCC=CC1(CC)CC(=O)OC1=O. The third-order valence-electron chi connectivity index (χ3n) is 2.38. The van der Waals surface area contributed by atoms with Crippen LogP contribution in [0.25, 0.3) is 0 Å². The number of hydrogen-bond acceptors (Lipinski definition) is 3. The van der Waals surface area contributed by atoms with Crippen molar-refractivity contribution >= 4 is 11.9 Å². The van der Waals surface area contributed by atoms with E-state index in [4.69, 9.17) is 0 Å². The average Bonchev–Trinajstić information content (AvgIpc) is 2.38. The molecule has 1 unspecified atom stereocenters. The van der Waals surface area contributed by atoms with Gasteiger partial charge in [-0.25, -0.2) is 0 Å². The molecule has 1 fully saturated rings. The van der Waals surface area contributed by atoms with Gasteiger partial charge in [-0.3, -0.25) is 9.59 Å². The Bertz CT molecular complexity index is 255. The van der Waals surface area contributed by atoms with Crippen molar-refractivity contribution in [2.45, 2.75) is 33.1 Å². The van der Waals surface area contributed by atoms with Gasteiger partial charge in [-0.15, -0.1) is 0 Å². The Hall–Kier alpha value is -1.12. The van der Waals surface area contributed by atoms with Crippen LogP contribution >= 0.6 is 0 Å². The summed E-state index contributed by atoms with van der Waals surface area (Å²) in [5.41, 5.74) is -0.674. The van der Waals surface area contributed by atoms with Gasteiger partial charge in [0.1, 0.15) is 0 Å². The number of ether oxygens (including phenoxy) is 1. The first-order valence-electron chi connectivity index (χ1n) is 4.57. The van der Waals surface area contributed by atoms with E-state index in [1.165, 1.54) is 0 Å². The molecule has 1 aliphatic heterocycles. The summed E-state index contributed by atoms with van der Waals surface area (Å²) in [6.45, 7) is 3.88. The molecule has 0 aromatic heterocycles. The minimum atomic E-state index is -0.674. The fraction of sp³-hybridized carbons (Fsp3) is 0.600. The van der Waals surface area contributed by atoms with Crippen molar-refractivity contribution in [3.63, 3.8) is 0 Å². The van der Waals surface area contributed by atoms with Crippen molar-refractivity contribution in [3.05, 3.63) is 12.2 Å². The Balaban J connectivity index is 2.86. The van der Waals surface area contributed by atoms with Crippen LogP contribution in [0.4, 0.5) is 0 Å². The van der Waals surface area contributed by atoms with Gasteiger partial charge in [0, 0.05) is 0 Å². The monoisotopic (exact) mass is 182 g/mol. The summed E-state index contributed by atoms with van der Waals surface area (Å²) in [6, 6.07) is 0. The molecule has 72 valence electrons. The van der Waals surface area contributed by atoms with Crippen LogP contribution in [0, 0.1) is 5.41 Å². The number of cyclic esters (lactones) is 2. The lowest BCUT2D eigenvalue weighted by atomic mass is 9.83. The van der Waals surface area contributed by atoms with Gasteiger partial charge < -0.3 is 4.74 Å². The standard InChI is InChI=1S/C10H14O3/c1-3-5-6-10(4-2)7-8(11)13-9(10)12/h5-6H,3-4,7H2,1-2H3. The number of hydrogen-bond donors (Lipinski definition) is 0. The second-order valence-corrected chi connectivity index (χ2v) is 3.26. The van der Waals surface area contributed by atoms with Crippen LogP contribution in [-0.2, 0) is 14.3 Å². The molecule has 13 heavy (non-hydrogen) atoms. The maximum atomic E-state index is 11.3. The van der Waals surface area contributed by atoms with Crippen LogP contribution in [0.5, 0.6) is 0 Å². The lowest BCUT2D eigenvalue weighted by molar-refractivity contribution is -0.154. The quantitative estimate of drug-likeness (QED) is 0.380. The molecule has 1 rings (SSSR count). The lowest BCUT2D eigenvalue weighted by Crippen LogP contribution is -2.22. The number of esters is 2. The minimum absolute atomic E-state index is 0.193. The van der Waals surface area contributed by atoms with E-state index in [1.807, 2.05) is 19.9 Å². The molecule has 1 saturated heterocycles. The predicted molar refractivity (Wildman–Crippen MR) is 47.9 cm³/mol. The summed E-state index contributed by atoms with van der Waals surface area (Å²) >= 11 is 0. The molecule has 0 radical (unpaired) electrons. The van der Waals surface area contributed by atoms with Gasteiger partial charge in [0.15, 0.2) is 0 Å². The molecule has 0 saturated carbocycles. The molecule has 0 N–H and O–H groups in total. The Morgan fingerprint density at radius 1 is 1.46 bits per heavy atom. The number of carbonyl (C=O) groups is 2. The fourth-order valence-corrected chi connectivity index (χ4v) is 1.43. The van der Waals surface area contributed by atoms with Crippen molar-refractivity contribution in [2.24, 2.45) is 5.41 Å². The molecule has 0 spiro atoms. The highest BCUT2D eigenvalue weighted by atomic mass is 16.6. The van der Waals surface area contributed by atoms with E-state index in [0.29, 0.717) is 6.42 Å². The number of rotatable bonds is 3. The third kappa shape index (κ3) is 1.79. The van der Waals surface area contributed by atoms with E-state index in [0.717, 1.165) is 6.42 Å². The largest absolute Gasteiger partial charge is 0.392 e. The summed E-state index contributed by atoms with van der Waals surface area (Å²) < 4.78 is 4.54. The van der Waals surface area contributed by atoms with Gasteiger partial charge >= 0.3 is 11.9 Å². The van der Waals surface area contributed by atoms with Crippen molar-refractivity contribution in [1.29, 1.82) is 0 Å². The first-order valence-corrected chi connectivity index (χ1v) is 4.57. The molecule has 0 bridgehead atoms.